The Labute approximate surface area is 79.9 Å². The Kier molecular flexibility index (Phi) is 8.55. The molecule has 0 radical (unpaired) electrons. The van der Waals surface area contributed by atoms with Gasteiger partial charge in [0, 0.05) is 0 Å². The minimum Gasteiger partial charge on any atom is -0.362 e. The lowest BCUT2D eigenvalue weighted by Crippen LogP contribution is -2.11. The van der Waals surface area contributed by atoms with Crippen molar-refractivity contribution in [1.82, 2.24) is 5.32 Å². The number of ether oxygens (including phenoxy) is 1. The molecule has 0 saturated carbocycles. The minimum atomic E-state index is 0.606. The summed E-state index contributed by atoms with van der Waals surface area (Å²) in [6.45, 7) is 1.29. The van der Waals surface area contributed by atoms with Gasteiger partial charge in [0.2, 0.25) is 0 Å². The quantitative estimate of drug-likeness (QED) is 0.538. The van der Waals surface area contributed by atoms with Gasteiger partial charge in [0.15, 0.2) is 0 Å². The summed E-state index contributed by atoms with van der Waals surface area (Å²) >= 11 is 0. The summed E-state index contributed by atoms with van der Waals surface area (Å²) in [7, 11) is 3.37. The maximum Gasteiger partial charge on any atom is 0.0967 e. The molecular weight excluding hydrogens is 164 g/mol. The number of benzene rings is 1. The van der Waals surface area contributed by atoms with Crippen molar-refractivity contribution in [2.45, 2.75) is 6.61 Å². The van der Waals surface area contributed by atoms with E-state index in [0.29, 0.717) is 13.3 Å². The van der Waals surface area contributed by atoms with Crippen LogP contribution in [0, 0.1) is 0 Å². The van der Waals surface area contributed by atoms with Crippen molar-refractivity contribution in [2.24, 2.45) is 5.73 Å². The van der Waals surface area contributed by atoms with Gasteiger partial charge in [-0.3, -0.25) is 5.32 Å². The van der Waals surface area contributed by atoms with Crippen molar-refractivity contribution in [2.75, 3.05) is 20.8 Å². The van der Waals surface area contributed by atoms with Gasteiger partial charge in [0.25, 0.3) is 0 Å². The number of hydrogen-bond acceptors (Lipinski definition) is 3. The Bertz CT molecular complexity index is 189. The fraction of sp³-hybridized carbons (Fsp3) is 0.400. The first-order valence-electron chi connectivity index (χ1n) is 4.27. The zero-order valence-corrected chi connectivity index (χ0v) is 8.29. The molecule has 3 heteroatoms. The highest BCUT2D eigenvalue weighted by Gasteiger charge is 1.88. The molecule has 0 aliphatic heterocycles. The first-order valence-corrected chi connectivity index (χ1v) is 4.27. The molecule has 0 fully saturated rings. The second kappa shape index (κ2) is 9.19. The van der Waals surface area contributed by atoms with Crippen LogP contribution in [0.15, 0.2) is 30.3 Å². The van der Waals surface area contributed by atoms with Gasteiger partial charge in [-0.25, -0.2) is 0 Å². The summed E-state index contributed by atoms with van der Waals surface area (Å²) in [5, 5.41) is 2.92. The van der Waals surface area contributed by atoms with Crippen LogP contribution in [0.1, 0.15) is 5.56 Å². The van der Waals surface area contributed by atoms with E-state index in [1.165, 1.54) is 12.6 Å². The predicted octanol–water partition coefficient (Wildman–Crippen LogP) is 0.955. The van der Waals surface area contributed by atoms with Crippen LogP contribution in [0.3, 0.4) is 0 Å². The zero-order valence-electron chi connectivity index (χ0n) is 8.29. The van der Waals surface area contributed by atoms with E-state index in [9.17, 15) is 0 Å². The molecule has 3 N–H and O–H groups in total. The Hall–Kier alpha value is -0.900. The van der Waals surface area contributed by atoms with Crippen molar-refractivity contribution in [3.8, 4) is 0 Å². The van der Waals surface area contributed by atoms with Crippen LogP contribution in [-0.2, 0) is 11.3 Å². The lowest BCUT2D eigenvalue weighted by molar-refractivity contribution is 0.109. The van der Waals surface area contributed by atoms with Gasteiger partial charge in [0.1, 0.15) is 0 Å². The highest BCUT2D eigenvalue weighted by molar-refractivity contribution is 5.13. The number of rotatable bonds is 4. The van der Waals surface area contributed by atoms with Crippen LogP contribution in [0.4, 0.5) is 0 Å². The molecule has 0 aliphatic rings. The van der Waals surface area contributed by atoms with Crippen LogP contribution in [-0.4, -0.2) is 20.8 Å². The number of nitrogens with two attached hydrogens (primary N) is 1. The highest BCUT2D eigenvalue weighted by atomic mass is 16.5. The molecule has 0 unspecified atom stereocenters. The van der Waals surface area contributed by atoms with Gasteiger partial charge in [0.05, 0.1) is 13.3 Å². The molecule has 0 amide bonds. The third-order valence-electron chi connectivity index (χ3n) is 1.36. The van der Waals surface area contributed by atoms with Gasteiger partial charge in [-0.2, -0.15) is 0 Å². The Morgan fingerprint density at radius 3 is 2.38 bits per heavy atom. The Morgan fingerprint density at radius 1 is 1.23 bits per heavy atom. The molecule has 0 spiro atoms. The molecule has 1 rings (SSSR count). The van der Waals surface area contributed by atoms with E-state index in [4.69, 9.17) is 4.74 Å². The van der Waals surface area contributed by atoms with Gasteiger partial charge in [-0.1, -0.05) is 30.3 Å². The van der Waals surface area contributed by atoms with Crippen LogP contribution in [0.5, 0.6) is 0 Å². The molecule has 1 aromatic carbocycles. The molecule has 3 nitrogen and oxygen atoms in total. The molecule has 0 aliphatic carbocycles. The van der Waals surface area contributed by atoms with Crippen molar-refractivity contribution in [3.63, 3.8) is 0 Å². The van der Waals surface area contributed by atoms with E-state index in [1.807, 2.05) is 25.2 Å². The SMILES string of the molecule is CN.CNCOCc1ccccc1. The molecule has 0 saturated heterocycles. The molecule has 0 aromatic heterocycles. The van der Waals surface area contributed by atoms with Gasteiger partial charge >= 0.3 is 0 Å². The summed E-state index contributed by atoms with van der Waals surface area (Å²) in [4.78, 5) is 0. The summed E-state index contributed by atoms with van der Waals surface area (Å²) in [5.74, 6) is 0. The second-order valence-corrected chi connectivity index (χ2v) is 2.33. The van der Waals surface area contributed by atoms with E-state index in [0.717, 1.165) is 0 Å². The van der Waals surface area contributed by atoms with Crippen LogP contribution < -0.4 is 11.1 Å². The number of hydrogen-bond donors (Lipinski definition) is 2. The fourth-order valence-corrected chi connectivity index (χ4v) is 0.845. The normalized spacial score (nSPS) is 8.85. The summed E-state index contributed by atoms with van der Waals surface area (Å²) in [6, 6.07) is 10.1. The third-order valence-corrected chi connectivity index (χ3v) is 1.36. The molecule has 13 heavy (non-hydrogen) atoms. The zero-order chi connectivity index (χ0) is 9.94. The van der Waals surface area contributed by atoms with Crippen LogP contribution in [0.2, 0.25) is 0 Å². The van der Waals surface area contributed by atoms with E-state index in [1.54, 1.807) is 0 Å². The molecule has 74 valence electrons. The smallest absolute Gasteiger partial charge is 0.0967 e. The minimum absolute atomic E-state index is 0.606. The predicted molar refractivity (Wildman–Crippen MR) is 55.3 cm³/mol. The van der Waals surface area contributed by atoms with Crippen molar-refractivity contribution >= 4 is 0 Å². The first kappa shape index (κ1) is 12.1. The van der Waals surface area contributed by atoms with Crippen molar-refractivity contribution in [1.29, 1.82) is 0 Å². The fourth-order valence-electron chi connectivity index (χ4n) is 0.845. The van der Waals surface area contributed by atoms with Crippen LogP contribution >= 0.6 is 0 Å². The monoisotopic (exact) mass is 182 g/mol. The van der Waals surface area contributed by atoms with Gasteiger partial charge < -0.3 is 10.5 Å². The lowest BCUT2D eigenvalue weighted by Gasteiger charge is -2.01. The topological polar surface area (TPSA) is 47.3 Å². The lowest BCUT2D eigenvalue weighted by atomic mass is 10.2. The van der Waals surface area contributed by atoms with Gasteiger partial charge in [-0.05, 0) is 19.7 Å². The third kappa shape index (κ3) is 6.28. The second-order valence-electron chi connectivity index (χ2n) is 2.33. The molecule has 0 atom stereocenters. The largest absolute Gasteiger partial charge is 0.362 e. The summed E-state index contributed by atoms with van der Waals surface area (Å²) < 4.78 is 5.26. The summed E-state index contributed by atoms with van der Waals surface area (Å²) in [6.07, 6.45) is 0. The van der Waals surface area contributed by atoms with Crippen molar-refractivity contribution in [3.05, 3.63) is 35.9 Å². The first-order chi connectivity index (χ1) is 6.43. The average Bonchev–Trinajstić information content (AvgIpc) is 2.23. The van der Waals surface area contributed by atoms with Crippen LogP contribution in [0.25, 0.3) is 0 Å². The summed E-state index contributed by atoms with van der Waals surface area (Å²) in [5.41, 5.74) is 5.71. The maximum absolute atomic E-state index is 5.26. The van der Waals surface area contributed by atoms with Gasteiger partial charge in [-0.15, -0.1) is 0 Å². The molecular formula is C10H18N2O. The standard InChI is InChI=1S/C9H13NO.CH5N/c1-10-8-11-7-9-5-3-2-4-6-9;1-2/h2-6,10H,7-8H2,1H3;2H2,1H3. The average molecular weight is 182 g/mol. The number of nitrogens with one attached hydrogen (secondary N) is 1. The Morgan fingerprint density at radius 2 is 1.85 bits per heavy atom. The van der Waals surface area contributed by atoms with E-state index in [2.05, 4.69) is 23.2 Å². The van der Waals surface area contributed by atoms with Crippen molar-refractivity contribution < 1.29 is 4.74 Å². The molecule has 1 aromatic rings. The molecule has 0 heterocycles. The van der Waals surface area contributed by atoms with E-state index in [-0.39, 0.29) is 0 Å². The van der Waals surface area contributed by atoms with E-state index < -0.39 is 0 Å². The van der Waals surface area contributed by atoms with E-state index >= 15 is 0 Å². The maximum atomic E-state index is 5.26. The molecule has 0 bridgehead atoms. The highest BCUT2D eigenvalue weighted by Crippen LogP contribution is 1.98. The Balaban J connectivity index is 0.000000671.